The first-order valence-electron chi connectivity index (χ1n) is 9.26. The number of hydrogen-bond donors (Lipinski definition) is 1. The number of benzene rings is 2. The summed E-state index contributed by atoms with van der Waals surface area (Å²) in [6.45, 7) is 6.37. The van der Waals surface area contributed by atoms with E-state index in [1.54, 1.807) is 30.3 Å². The van der Waals surface area contributed by atoms with Gasteiger partial charge in [-0.3, -0.25) is 9.59 Å². The van der Waals surface area contributed by atoms with Crippen LogP contribution in [0.25, 0.3) is 5.76 Å². The molecule has 144 valence electrons. The van der Waals surface area contributed by atoms with Gasteiger partial charge in [-0.05, 0) is 36.2 Å². The third-order valence-electron chi connectivity index (χ3n) is 4.62. The molecule has 2 aromatic carbocycles. The van der Waals surface area contributed by atoms with E-state index in [1.807, 2.05) is 37.3 Å². The molecule has 1 amide bonds. The van der Waals surface area contributed by atoms with Gasteiger partial charge in [-0.25, -0.2) is 0 Å². The van der Waals surface area contributed by atoms with Gasteiger partial charge in [0, 0.05) is 12.1 Å². The Morgan fingerprint density at radius 2 is 1.82 bits per heavy atom. The molecule has 1 saturated heterocycles. The molecule has 0 spiro atoms. The number of hydrogen-bond acceptors (Lipinski definition) is 4. The maximum absolute atomic E-state index is 12.8. The first-order chi connectivity index (χ1) is 13.6. The number of carbonyl (C=O) groups excluding carboxylic acids is 2. The van der Waals surface area contributed by atoms with Crippen molar-refractivity contribution in [1.82, 2.24) is 4.90 Å². The first kappa shape index (κ1) is 19.4. The molecular weight excluding hydrogens is 354 g/mol. The summed E-state index contributed by atoms with van der Waals surface area (Å²) in [5, 5.41) is 10.9. The average molecular weight is 377 g/mol. The van der Waals surface area contributed by atoms with Crippen LogP contribution in [-0.2, 0) is 9.59 Å². The molecule has 3 rings (SSSR count). The molecule has 1 atom stereocenters. The highest BCUT2D eigenvalue weighted by molar-refractivity contribution is 6.46. The largest absolute Gasteiger partial charge is 0.507 e. The third kappa shape index (κ3) is 3.69. The number of aliphatic hydroxyl groups is 1. The molecule has 1 fully saturated rings. The van der Waals surface area contributed by atoms with Gasteiger partial charge in [0.2, 0.25) is 0 Å². The molecule has 0 radical (unpaired) electrons. The second kappa shape index (κ2) is 8.57. The molecule has 0 bridgehead atoms. The van der Waals surface area contributed by atoms with Crippen LogP contribution in [0.5, 0.6) is 5.75 Å². The van der Waals surface area contributed by atoms with Crippen molar-refractivity contribution in [3.63, 3.8) is 0 Å². The number of ketones is 1. The van der Waals surface area contributed by atoms with Gasteiger partial charge in [-0.1, -0.05) is 49.9 Å². The highest BCUT2D eigenvalue weighted by Crippen LogP contribution is 2.39. The number of Topliss-reactive ketones (excluding diaryl/α,β-unsaturated/α-hetero) is 1. The summed E-state index contributed by atoms with van der Waals surface area (Å²) in [6.07, 6.45) is 2.36. The molecule has 1 aliphatic heterocycles. The van der Waals surface area contributed by atoms with E-state index in [4.69, 9.17) is 4.74 Å². The Labute approximate surface area is 164 Å². The summed E-state index contributed by atoms with van der Waals surface area (Å²) in [5.41, 5.74) is 1.37. The number of carbonyl (C=O) groups is 2. The van der Waals surface area contributed by atoms with Crippen LogP contribution in [0.4, 0.5) is 0 Å². The Balaban J connectivity index is 2.06. The van der Waals surface area contributed by atoms with Gasteiger partial charge < -0.3 is 14.7 Å². The van der Waals surface area contributed by atoms with Crippen molar-refractivity contribution in [3.8, 4) is 5.75 Å². The zero-order valence-corrected chi connectivity index (χ0v) is 15.8. The Morgan fingerprint density at radius 1 is 1.14 bits per heavy atom. The van der Waals surface area contributed by atoms with Gasteiger partial charge in [-0.15, -0.1) is 0 Å². The normalized spacial score (nSPS) is 18.3. The minimum atomic E-state index is -0.660. The van der Waals surface area contributed by atoms with E-state index in [1.165, 1.54) is 4.90 Å². The van der Waals surface area contributed by atoms with E-state index in [0.717, 1.165) is 5.56 Å². The molecule has 5 heteroatoms. The fourth-order valence-corrected chi connectivity index (χ4v) is 3.35. The van der Waals surface area contributed by atoms with Crippen LogP contribution in [-0.4, -0.2) is 34.8 Å². The van der Waals surface area contributed by atoms with Crippen LogP contribution in [0.15, 0.2) is 72.8 Å². The van der Waals surface area contributed by atoms with Gasteiger partial charge in [0.25, 0.3) is 11.7 Å². The highest BCUT2D eigenvalue weighted by atomic mass is 16.5. The lowest BCUT2D eigenvalue weighted by molar-refractivity contribution is -0.139. The molecule has 0 aromatic heterocycles. The van der Waals surface area contributed by atoms with Crippen molar-refractivity contribution in [1.29, 1.82) is 0 Å². The van der Waals surface area contributed by atoms with Crippen LogP contribution in [0.2, 0.25) is 0 Å². The van der Waals surface area contributed by atoms with Gasteiger partial charge in [-0.2, -0.15) is 0 Å². The van der Waals surface area contributed by atoms with Crippen molar-refractivity contribution in [2.45, 2.75) is 19.4 Å². The van der Waals surface area contributed by atoms with E-state index < -0.39 is 17.7 Å². The van der Waals surface area contributed by atoms with Gasteiger partial charge >= 0.3 is 0 Å². The molecule has 1 aliphatic rings. The lowest BCUT2D eigenvalue weighted by Crippen LogP contribution is -2.30. The number of rotatable bonds is 7. The molecular formula is C23H23NO4. The lowest BCUT2D eigenvalue weighted by atomic mass is 9.95. The first-order valence-corrected chi connectivity index (χ1v) is 9.26. The van der Waals surface area contributed by atoms with Crippen molar-refractivity contribution in [3.05, 3.63) is 84.0 Å². The Bertz CT molecular complexity index is 900. The number of aliphatic hydroxyl groups excluding tert-OH is 1. The number of ether oxygens (including phenoxy) is 1. The summed E-state index contributed by atoms with van der Waals surface area (Å²) < 4.78 is 5.45. The van der Waals surface area contributed by atoms with Crippen LogP contribution in [0, 0.1) is 0 Å². The monoisotopic (exact) mass is 377 g/mol. The number of likely N-dealkylation sites (tertiary alicyclic amines) is 1. The molecule has 5 nitrogen and oxygen atoms in total. The van der Waals surface area contributed by atoms with Gasteiger partial charge in [0.15, 0.2) is 0 Å². The topological polar surface area (TPSA) is 66.8 Å². The molecule has 0 unspecified atom stereocenters. The summed E-state index contributed by atoms with van der Waals surface area (Å²) >= 11 is 0. The van der Waals surface area contributed by atoms with Crippen LogP contribution in [0.1, 0.15) is 30.5 Å². The van der Waals surface area contributed by atoms with Gasteiger partial charge in [0.05, 0.1) is 11.6 Å². The standard InChI is InChI=1S/C23H23NO4/c1-3-14-24-20(16-8-6-5-7-9-16)19(22(26)23(24)27)21(25)17-10-12-18(13-11-17)28-15-4-2/h4-13,20,25H,2-3,14-15H2,1H3/t20-/m0/s1. The summed E-state index contributed by atoms with van der Waals surface area (Å²) in [4.78, 5) is 26.9. The molecule has 0 saturated carbocycles. The minimum Gasteiger partial charge on any atom is -0.507 e. The predicted molar refractivity (Wildman–Crippen MR) is 108 cm³/mol. The van der Waals surface area contributed by atoms with Crippen molar-refractivity contribution >= 4 is 17.4 Å². The Morgan fingerprint density at radius 3 is 2.43 bits per heavy atom. The quantitative estimate of drug-likeness (QED) is 0.342. The molecule has 1 N–H and O–H groups in total. The minimum absolute atomic E-state index is 0.115. The van der Waals surface area contributed by atoms with E-state index >= 15 is 0 Å². The number of nitrogens with zero attached hydrogens (tertiary/aromatic N) is 1. The predicted octanol–water partition coefficient (Wildman–Crippen LogP) is 4.08. The molecule has 0 aliphatic carbocycles. The molecule has 1 heterocycles. The second-order valence-corrected chi connectivity index (χ2v) is 6.53. The fourth-order valence-electron chi connectivity index (χ4n) is 3.35. The summed E-state index contributed by atoms with van der Waals surface area (Å²) in [6, 6.07) is 15.5. The van der Waals surface area contributed by atoms with Crippen molar-refractivity contribution in [2.24, 2.45) is 0 Å². The molecule has 2 aromatic rings. The zero-order valence-electron chi connectivity index (χ0n) is 15.8. The Kier molecular flexibility index (Phi) is 5.94. The van der Waals surface area contributed by atoms with Gasteiger partial charge in [0.1, 0.15) is 18.1 Å². The van der Waals surface area contributed by atoms with Crippen molar-refractivity contribution in [2.75, 3.05) is 13.2 Å². The Hall–Kier alpha value is -3.34. The SMILES string of the molecule is C=CCOc1ccc(C(O)=C2C(=O)C(=O)N(CCC)[C@H]2c2ccccc2)cc1. The van der Waals surface area contributed by atoms with E-state index in [9.17, 15) is 14.7 Å². The van der Waals surface area contributed by atoms with Crippen molar-refractivity contribution < 1.29 is 19.4 Å². The zero-order chi connectivity index (χ0) is 20.1. The summed E-state index contributed by atoms with van der Waals surface area (Å²) in [5.74, 6) is -0.793. The number of amides is 1. The smallest absolute Gasteiger partial charge is 0.295 e. The van der Waals surface area contributed by atoms with E-state index in [-0.39, 0.29) is 11.3 Å². The molecule has 28 heavy (non-hydrogen) atoms. The van der Waals surface area contributed by atoms with E-state index in [0.29, 0.717) is 30.9 Å². The van der Waals surface area contributed by atoms with Crippen LogP contribution >= 0.6 is 0 Å². The fraction of sp³-hybridized carbons (Fsp3) is 0.217. The summed E-state index contributed by atoms with van der Waals surface area (Å²) in [7, 11) is 0. The maximum Gasteiger partial charge on any atom is 0.295 e. The third-order valence-corrected chi connectivity index (χ3v) is 4.62. The maximum atomic E-state index is 12.8. The second-order valence-electron chi connectivity index (χ2n) is 6.53. The lowest BCUT2D eigenvalue weighted by Gasteiger charge is -2.24. The van der Waals surface area contributed by atoms with Crippen LogP contribution < -0.4 is 4.74 Å². The highest BCUT2D eigenvalue weighted by Gasteiger charge is 2.45. The van der Waals surface area contributed by atoms with E-state index in [2.05, 4.69) is 6.58 Å². The van der Waals surface area contributed by atoms with Crippen LogP contribution in [0.3, 0.4) is 0 Å². The average Bonchev–Trinajstić information content (AvgIpc) is 2.98.